The molecule has 1 heterocycles. The smallest absolute Gasteiger partial charge is 0.290 e. The van der Waals surface area contributed by atoms with E-state index >= 15 is 0 Å². The van der Waals surface area contributed by atoms with Crippen LogP contribution in [-0.4, -0.2) is 15.7 Å². The highest BCUT2D eigenvalue weighted by Crippen LogP contribution is 2.25. The van der Waals surface area contributed by atoms with Crippen LogP contribution in [0.5, 0.6) is 11.6 Å². The molecule has 0 spiro atoms. The van der Waals surface area contributed by atoms with E-state index in [9.17, 15) is 19.3 Å². The first kappa shape index (κ1) is 14.6. The van der Waals surface area contributed by atoms with Crippen LogP contribution in [0.2, 0.25) is 0 Å². The number of rotatable bonds is 4. The van der Waals surface area contributed by atoms with E-state index in [0.717, 1.165) is 12.3 Å². The van der Waals surface area contributed by atoms with Gasteiger partial charge in [-0.3, -0.25) is 14.9 Å². The van der Waals surface area contributed by atoms with Crippen molar-refractivity contribution in [1.82, 2.24) is 4.98 Å². The van der Waals surface area contributed by atoms with Crippen LogP contribution < -0.4 is 4.74 Å². The first-order valence-electron chi connectivity index (χ1n) is 5.98. The van der Waals surface area contributed by atoms with E-state index in [4.69, 9.17) is 4.74 Å². The summed E-state index contributed by atoms with van der Waals surface area (Å²) in [5.41, 5.74) is 0.224. The number of nitro groups is 1. The fourth-order valence-electron chi connectivity index (χ4n) is 1.74. The molecule has 21 heavy (non-hydrogen) atoms. The van der Waals surface area contributed by atoms with Gasteiger partial charge in [0.2, 0.25) is 5.88 Å². The maximum atomic E-state index is 13.6. The zero-order chi connectivity index (χ0) is 15.6. The van der Waals surface area contributed by atoms with E-state index in [1.165, 1.54) is 25.1 Å². The van der Waals surface area contributed by atoms with Crippen LogP contribution in [0.1, 0.15) is 22.8 Å². The Labute approximate surface area is 119 Å². The molecular formula is C14H11FN2O4. The minimum absolute atomic E-state index is 0.0322. The number of pyridine rings is 1. The Morgan fingerprint density at radius 1 is 1.38 bits per heavy atom. The van der Waals surface area contributed by atoms with Crippen molar-refractivity contribution in [3.8, 4) is 11.6 Å². The van der Waals surface area contributed by atoms with Crippen LogP contribution >= 0.6 is 0 Å². The molecule has 2 aromatic rings. The maximum absolute atomic E-state index is 13.6. The Hall–Kier alpha value is -2.83. The molecular weight excluding hydrogens is 279 g/mol. The average molecular weight is 290 g/mol. The molecule has 0 aliphatic carbocycles. The minimum atomic E-state index is -0.696. The summed E-state index contributed by atoms with van der Waals surface area (Å²) in [5.74, 6) is -0.826. The lowest BCUT2D eigenvalue weighted by atomic mass is 10.1. The number of carbonyl (C=O) groups excluding carboxylic acids is 1. The second-order valence-corrected chi connectivity index (χ2v) is 4.37. The van der Waals surface area contributed by atoms with Crippen molar-refractivity contribution < 1.29 is 18.8 Å². The molecule has 0 aliphatic heterocycles. The van der Waals surface area contributed by atoms with Gasteiger partial charge >= 0.3 is 0 Å². The molecule has 0 saturated heterocycles. The Balaban J connectivity index is 2.26. The lowest BCUT2D eigenvalue weighted by Gasteiger charge is -2.07. The molecule has 2 rings (SSSR count). The van der Waals surface area contributed by atoms with Gasteiger partial charge in [0.05, 0.1) is 10.5 Å². The third kappa shape index (κ3) is 3.19. The van der Waals surface area contributed by atoms with Crippen molar-refractivity contribution in [2.24, 2.45) is 0 Å². The zero-order valence-electron chi connectivity index (χ0n) is 11.3. The van der Waals surface area contributed by atoms with Crippen LogP contribution in [0.4, 0.5) is 10.1 Å². The number of ketones is 1. The molecule has 0 saturated carbocycles. The molecule has 0 amide bonds. The first-order valence-corrected chi connectivity index (χ1v) is 5.98. The van der Waals surface area contributed by atoms with Gasteiger partial charge in [0.25, 0.3) is 5.69 Å². The number of benzene rings is 1. The topological polar surface area (TPSA) is 82.3 Å². The highest BCUT2D eigenvalue weighted by Gasteiger charge is 2.13. The predicted octanol–water partition coefficient (Wildman–Crippen LogP) is 3.43. The van der Waals surface area contributed by atoms with Crippen LogP contribution in [0.25, 0.3) is 0 Å². The molecule has 1 aromatic carbocycles. The Bertz CT molecular complexity index is 669. The molecule has 0 atom stereocenters. The molecule has 7 heteroatoms. The molecule has 0 bridgehead atoms. The number of aromatic nitrogens is 1. The highest BCUT2D eigenvalue weighted by molar-refractivity contribution is 5.94. The Morgan fingerprint density at radius 3 is 2.62 bits per heavy atom. The van der Waals surface area contributed by atoms with Crippen molar-refractivity contribution in [2.75, 3.05) is 0 Å². The lowest BCUT2D eigenvalue weighted by molar-refractivity contribution is -0.385. The standard InChI is InChI=1S/C14H11FN2O4/c1-8-5-14(16-7-13(8)17(19)20)21-10-3-4-11(9(2)18)12(15)6-10/h3-7H,1-2H3. The van der Waals surface area contributed by atoms with Gasteiger partial charge in [-0.25, -0.2) is 9.37 Å². The number of nitrogens with zero attached hydrogens (tertiary/aromatic N) is 2. The zero-order valence-corrected chi connectivity index (χ0v) is 11.3. The third-order valence-electron chi connectivity index (χ3n) is 2.80. The summed E-state index contributed by atoms with van der Waals surface area (Å²) in [6, 6.07) is 5.19. The van der Waals surface area contributed by atoms with Crippen molar-refractivity contribution in [2.45, 2.75) is 13.8 Å². The van der Waals surface area contributed by atoms with Gasteiger partial charge in [0, 0.05) is 17.7 Å². The molecule has 0 aliphatic rings. The molecule has 0 fully saturated rings. The predicted molar refractivity (Wildman–Crippen MR) is 72.1 cm³/mol. The van der Waals surface area contributed by atoms with Gasteiger partial charge in [-0.1, -0.05) is 0 Å². The van der Waals surface area contributed by atoms with Gasteiger partial charge in [-0.05, 0) is 26.0 Å². The number of aryl methyl sites for hydroxylation is 1. The van der Waals surface area contributed by atoms with Crippen LogP contribution in [-0.2, 0) is 0 Å². The van der Waals surface area contributed by atoms with Crippen LogP contribution in [0, 0.1) is 22.9 Å². The van der Waals surface area contributed by atoms with Gasteiger partial charge in [0.15, 0.2) is 5.78 Å². The summed E-state index contributed by atoms with van der Waals surface area (Å²) < 4.78 is 19.0. The summed E-state index contributed by atoms with van der Waals surface area (Å²) in [5, 5.41) is 10.7. The molecule has 0 N–H and O–H groups in total. The van der Waals surface area contributed by atoms with Gasteiger partial charge < -0.3 is 4.74 Å². The number of carbonyl (C=O) groups is 1. The first-order chi connectivity index (χ1) is 9.88. The van der Waals surface area contributed by atoms with Crippen molar-refractivity contribution in [3.05, 3.63) is 57.5 Å². The second kappa shape index (κ2) is 5.66. The van der Waals surface area contributed by atoms with Crippen molar-refractivity contribution in [1.29, 1.82) is 0 Å². The van der Waals surface area contributed by atoms with Crippen LogP contribution in [0.3, 0.4) is 0 Å². The number of hydrogen-bond donors (Lipinski definition) is 0. The monoisotopic (exact) mass is 290 g/mol. The SMILES string of the molecule is CC(=O)c1ccc(Oc2cc(C)c([N+](=O)[O-])cn2)cc1F. The minimum Gasteiger partial charge on any atom is -0.439 e. The van der Waals surface area contributed by atoms with Crippen LogP contribution in [0.15, 0.2) is 30.5 Å². The Kier molecular flexibility index (Phi) is 3.93. The summed E-state index contributed by atoms with van der Waals surface area (Å²) in [7, 11) is 0. The van der Waals surface area contributed by atoms with E-state index in [0.29, 0.717) is 5.56 Å². The molecule has 0 unspecified atom stereocenters. The third-order valence-corrected chi connectivity index (χ3v) is 2.80. The number of halogens is 1. The van der Waals surface area contributed by atoms with Gasteiger partial charge in [-0.15, -0.1) is 0 Å². The fraction of sp³-hybridized carbons (Fsp3) is 0.143. The van der Waals surface area contributed by atoms with Gasteiger partial charge in [-0.2, -0.15) is 0 Å². The van der Waals surface area contributed by atoms with E-state index in [-0.39, 0.29) is 28.7 Å². The maximum Gasteiger partial charge on any atom is 0.290 e. The highest BCUT2D eigenvalue weighted by atomic mass is 19.1. The van der Waals surface area contributed by atoms with E-state index in [1.807, 2.05) is 0 Å². The number of hydrogen-bond acceptors (Lipinski definition) is 5. The van der Waals surface area contributed by atoms with E-state index in [1.54, 1.807) is 6.92 Å². The summed E-state index contributed by atoms with van der Waals surface area (Å²) >= 11 is 0. The molecule has 1 aromatic heterocycles. The molecule has 6 nitrogen and oxygen atoms in total. The normalized spacial score (nSPS) is 10.2. The van der Waals surface area contributed by atoms with E-state index in [2.05, 4.69) is 4.98 Å². The average Bonchev–Trinajstić information content (AvgIpc) is 2.37. The largest absolute Gasteiger partial charge is 0.439 e. The van der Waals surface area contributed by atoms with Gasteiger partial charge in [0.1, 0.15) is 17.8 Å². The summed E-state index contributed by atoms with van der Waals surface area (Å²) in [4.78, 5) is 25.0. The Morgan fingerprint density at radius 2 is 2.10 bits per heavy atom. The summed E-state index contributed by atoms with van der Waals surface area (Å²) in [6.07, 6.45) is 1.07. The second-order valence-electron chi connectivity index (χ2n) is 4.37. The lowest BCUT2D eigenvalue weighted by Crippen LogP contribution is -1.98. The molecule has 0 radical (unpaired) electrons. The van der Waals surface area contributed by atoms with Crippen molar-refractivity contribution >= 4 is 11.5 Å². The summed E-state index contributed by atoms with van der Waals surface area (Å²) in [6.45, 7) is 2.81. The fourth-order valence-corrected chi connectivity index (χ4v) is 1.74. The van der Waals surface area contributed by atoms with E-state index < -0.39 is 10.7 Å². The molecule has 108 valence electrons. The quantitative estimate of drug-likeness (QED) is 0.489. The van der Waals surface area contributed by atoms with Crippen molar-refractivity contribution in [3.63, 3.8) is 0 Å². The number of ether oxygens (including phenoxy) is 1. The number of Topliss-reactive ketones (excluding diaryl/α,β-unsaturated/α-hetero) is 1.